The summed E-state index contributed by atoms with van der Waals surface area (Å²) in [6, 6.07) is 6.56. The molecule has 0 unspecified atom stereocenters. The molecule has 1 aromatic carbocycles. The summed E-state index contributed by atoms with van der Waals surface area (Å²) < 4.78 is 13.3. The maximum absolute atomic E-state index is 13.3. The molecule has 0 spiro atoms. The van der Waals surface area contributed by atoms with Gasteiger partial charge in [0.15, 0.2) is 0 Å². The Balaban J connectivity index is 1.57. The lowest BCUT2D eigenvalue weighted by atomic mass is 9.96. The van der Waals surface area contributed by atoms with E-state index in [-0.39, 0.29) is 17.6 Å². The largest absolute Gasteiger partial charge is 0.481 e. The van der Waals surface area contributed by atoms with Crippen molar-refractivity contribution in [2.24, 2.45) is 11.8 Å². The number of nitrogens with zero attached hydrogens (tertiary/aromatic N) is 2. The number of benzene rings is 1. The van der Waals surface area contributed by atoms with Crippen molar-refractivity contribution in [3.8, 4) is 0 Å². The lowest BCUT2D eigenvalue weighted by Gasteiger charge is -2.34. The van der Waals surface area contributed by atoms with E-state index in [0.717, 1.165) is 24.9 Å². The first-order valence-electron chi connectivity index (χ1n) is 8.51. The average molecular weight is 334 g/mol. The van der Waals surface area contributed by atoms with Crippen LogP contribution in [0.15, 0.2) is 24.3 Å². The molecule has 6 heteroatoms. The van der Waals surface area contributed by atoms with Gasteiger partial charge >= 0.3 is 5.97 Å². The standard InChI is InChI=1S/C18H23FN2O3/c19-16-5-1-3-13(9-16)10-20-7-2-4-14(11-20)17(22)21-8-6-15(12-21)18(23)24/h1,3,5,9,14-15H,2,4,6-8,10-12H2,(H,23,24)/t14-,15-/m0/s1. The van der Waals surface area contributed by atoms with Crippen molar-refractivity contribution >= 4 is 11.9 Å². The van der Waals surface area contributed by atoms with E-state index in [9.17, 15) is 14.0 Å². The van der Waals surface area contributed by atoms with E-state index < -0.39 is 11.9 Å². The number of aliphatic carboxylic acids is 1. The molecule has 1 N–H and O–H groups in total. The van der Waals surface area contributed by atoms with Crippen molar-refractivity contribution in [3.05, 3.63) is 35.6 Å². The van der Waals surface area contributed by atoms with Gasteiger partial charge in [-0.1, -0.05) is 12.1 Å². The fraction of sp³-hybridized carbons (Fsp3) is 0.556. The number of halogens is 1. The van der Waals surface area contributed by atoms with Gasteiger partial charge in [-0.15, -0.1) is 0 Å². The molecule has 0 radical (unpaired) electrons. The molecule has 2 aliphatic heterocycles. The second-order valence-electron chi connectivity index (χ2n) is 6.81. The van der Waals surface area contributed by atoms with Crippen LogP contribution in [-0.4, -0.2) is 53.0 Å². The first-order valence-corrected chi connectivity index (χ1v) is 8.51. The van der Waals surface area contributed by atoms with E-state index in [1.807, 2.05) is 6.07 Å². The molecule has 130 valence electrons. The normalized spacial score (nSPS) is 25.0. The van der Waals surface area contributed by atoms with E-state index >= 15 is 0 Å². The fourth-order valence-electron chi connectivity index (χ4n) is 3.71. The van der Waals surface area contributed by atoms with Gasteiger partial charge in [0.05, 0.1) is 11.8 Å². The number of carboxylic acid groups (broad SMARTS) is 1. The maximum Gasteiger partial charge on any atom is 0.308 e. The number of carbonyl (C=O) groups excluding carboxylic acids is 1. The Labute approximate surface area is 141 Å². The minimum Gasteiger partial charge on any atom is -0.481 e. The van der Waals surface area contributed by atoms with Crippen molar-refractivity contribution < 1.29 is 19.1 Å². The van der Waals surface area contributed by atoms with E-state index in [2.05, 4.69) is 4.90 Å². The molecule has 2 saturated heterocycles. The van der Waals surface area contributed by atoms with Crippen LogP contribution in [0.3, 0.4) is 0 Å². The number of hydrogen-bond acceptors (Lipinski definition) is 3. The van der Waals surface area contributed by atoms with E-state index in [0.29, 0.717) is 32.6 Å². The maximum atomic E-state index is 13.3. The van der Waals surface area contributed by atoms with Gasteiger partial charge in [0.1, 0.15) is 5.82 Å². The molecule has 2 aliphatic rings. The molecule has 0 aliphatic carbocycles. The first kappa shape index (κ1) is 16.9. The van der Waals surface area contributed by atoms with Crippen molar-refractivity contribution in [3.63, 3.8) is 0 Å². The van der Waals surface area contributed by atoms with Gasteiger partial charge in [-0.3, -0.25) is 14.5 Å². The molecule has 0 bridgehead atoms. The number of carbonyl (C=O) groups is 2. The first-order chi connectivity index (χ1) is 11.5. The van der Waals surface area contributed by atoms with Gasteiger partial charge in [-0.2, -0.15) is 0 Å². The second kappa shape index (κ2) is 7.30. The van der Waals surface area contributed by atoms with E-state index in [4.69, 9.17) is 5.11 Å². The highest BCUT2D eigenvalue weighted by atomic mass is 19.1. The average Bonchev–Trinajstić information content (AvgIpc) is 3.05. The minimum atomic E-state index is -0.818. The Bertz CT molecular complexity index is 622. The van der Waals surface area contributed by atoms with Gasteiger partial charge in [0, 0.05) is 26.2 Å². The van der Waals surface area contributed by atoms with Crippen LogP contribution in [0.25, 0.3) is 0 Å². The van der Waals surface area contributed by atoms with Gasteiger partial charge in [-0.05, 0) is 43.5 Å². The highest BCUT2D eigenvalue weighted by molar-refractivity contribution is 5.81. The summed E-state index contributed by atoms with van der Waals surface area (Å²) in [7, 11) is 0. The van der Waals surface area contributed by atoms with Gasteiger partial charge in [-0.25, -0.2) is 4.39 Å². The number of likely N-dealkylation sites (tertiary alicyclic amines) is 2. The van der Waals surface area contributed by atoms with Crippen LogP contribution in [0.1, 0.15) is 24.8 Å². The van der Waals surface area contributed by atoms with E-state index in [1.165, 1.54) is 12.1 Å². The lowest BCUT2D eigenvalue weighted by molar-refractivity contribution is -0.142. The van der Waals surface area contributed by atoms with Crippen LogP contribution < -0.4 is 0 Å². The molecular weight excluding hydrogens is 311 g/mol. The van der Waals surface area contributed by atoms with Crippen molar-refractivity contribution in [2.45, 2.75) is 25.8 Å². The number of piperidine rings is 1. The molecule has 0 aromatic heterocycles. The highest BCUT2D eigenvalue weighted by Crippen LogP contribution is 2.24. The zero-order chi connectivity index (χ0) is 17.1. The third kappa shape index (κ3) is 3.93. The molecule has 2 atom stereocenters. The summed E-state index contributed by atoms with van der Waals surface area (Å²) in [5.74, 6) is -1.50. The third-order valence-corrected chi connectivity index (χ3v) is 5.00. The zero-order valence-corrected chi connectivity index (χ0v) is 13.7. The van der Waals surface area contributed by atoms with Gasteiger partial charge in [0.25, 0.3) is 0 Å². The van der Waals surface area contributed by atoms with Crippen molar-refractivity contribution in [1.82, 2.24) is 9.80 Å². The predicted molar refractivity (Wildman–Crippen MR) is 86.7 cm³/mol. The summed E-state index contributed by atoms with van der Waals surface area (Å²) in [5, 5.41) is 9.07. The van der Waals surface area contributed by atoms with Gasteiger partial charge in [0.2, 0.25) is 5.91 Å². The molecule has 24 heavy (non-hydrogen) atoms. The lowest BCUT2D eigenvalue weighted by Crippen LogP contribution is -2.44. The van der Waals surface area contributed by atoms with E-state index in [1.54, 1.807) is 11.0 Å². The fourth-order valence-corrected chi connectivity index (χ4v) is 3.71. The van der Waals surface area contributed by atoms with Gasteiger partial charge < -0.3 is 10.0 Å². The Morgan fingerprint density at radius 1 is 1.17 bits per heavy atom. The Morgan fingerprint density at radius 3 is 2.71 bits per heavy atom. The number of carboxylic acids is 1. The number of amides is 1. The summed E-state index contributed by atoms with van der Waals surface area (Å²) in [4.78, 5) is 27.6. The smallest absolute Gasteiger partial charge is 0.308 e. The predicted octanol–water partition coefficient (Wildman–Crippen LogP) is 1.97. The Morgan fingerprint density at radius 2 is 2.00 bits per heavy atom. The van der Waals surface area contributed by atoms with Crippen LogP contribution in [0.5, 0.6) is 0 Å². The summed E-state index contributed by atoms with van der Waals surface area (Å²) in [5.41, 5.74) is 0.912. The van der Waals surface area contributed by atoms with Crippen molar-refractivity contribution in [2.75, 3.05) is 26.2 Å². The van der Waals surface area contributed by atoms with Crippen LogP contribution in [0.4, 0.5) is 4.39 Å². The van der Waals surface area contributed by atoms with Crippen LogP contribution in [0, 0.1) is 17.7 Å². The Kier molecular flexibility index (Phi) is 5.14. The quantitative estimate of drug-likeness (QED) is 0.914. The second-order valence-corrected chi connectivity index (χ2v) is 6.81. The summed E-state index contributed by atoms with van der Waals surface area (Å²) >= 11 is 0. The zero-order valence-electron chi connectivity index (χ0n) is 13.7. The summed E-state index contributed by atoms with van der Waals surface area (Å²) in [6.45, 7) is 3.06. The topological polar surface area (TPSA) is 60.9 Å². The molecule has 2 fully saturated rings. The molecule has 2 heterocycles. The van der Waals surface area contributed by atoms with Crippen LogP contribution in [-0.2, 0) is 16.1 Å². The SMILES string of the molecule is O=C(O)[C@H]1CCN(C(=O)[C@H]2CCCN(Cc3cccc(F)c3)C2)C1. The molecule has 0 saturated carbocycles. The van der Waals surface area contributed by atoms with Crippen molar-refractivity contribution in [1.29, 1.82) is 0 Å². The van der Waals surface area contributed by atoms with Crippen LogP contribution >= 0.6 is 0 Å². The third-order valence-electron chi connectivity index (χ3n) is 5.00. The molecule has 1 aromatic rings. The molecule has 5 nitrogen and oxygen atoms in total. The molecular formula is C18H23FN2O3. The Hall–Kier alpha value is -1.95. The molecule has 3 rings (SSSR count). The number of rotatable bonds is 4. The van der Waals surface area contributed by atoms with Crippen LogP contribution in [0.2, 0.25) is 0 Å². The number of hydrogen-bond donors (Lipinski definition) is 1. The highest BCUT2D eigenvalue weighted by Gasteiger charge is 2.35. The minimum absolute atomic E-state index is 0.0719. The summed E-state index contributed by atoms with van der Waals surface area (Å²) in [6.07, 6.45) is 2.31. The monoisotopic (exact) mass is 334 g/mol. The molecule has 1 amide bonds.